The number of rotatable bonds is 3. The van der Waals surface area contributed by atoms with Crippen LogP contribution in [0.4, 0.5) is 13.2 Å². The van der Waals surface area contributed by atoms with Crippen LogP contribution in [0.15, 0.2) is 35.1 Å². The molecule has 0 amide bonds. The lowest BCUT2D eigenvalue weighted by Crippen LogP contribution is -2.21. The Morgan fingerprint density at radius 2 is 1.95 bits per heavy atom. The van der Waals surface area contributed by atoms with Gasteiger partial charge in [0.1, 0.15) is 17.5 Å². The van der Waals surface area contributed by atoms with Crippen molar-refractivity contribution in [1.29, 1.82) is 0 Å². The lowest BCUT2D eigenvalue weighted by atomic mass is 9.99. The Balaban J connectivity index is 2.57. The summed E-state index contributed by atoms with van der Waals surface area (Å²) in [5, 5.41) is 2.76. The fourth-order valence-electron chi connectivity index (χ4n) is 1.87. The highest BCUT2D eigenvalue weighted by molar-refractivity contribution is 9.10. The topological polar surface area (TPSA) is 24.9 Å². The smallest absolute Gasteiger partial charge is 0.145 e. The molecule has 0 aliphatic heterocycles. The molecule has 0 spiro atoms. The molecule has 1 aromatic heterocycles. The summed E-state index contributed by atoms with van der Waals surface area (Å²) in [6.45, 7) is 0. The molecule has 1 heterocycles. The summed E-state index contributed by atoms with van der Waals surface area (Å²) in [5.74, 6) is -1.98. The van der Waals surface area contributed by atoms with Gasteiger partial charge in [0, 0.05) is 11.8 Å². The van der Waals surface area contributed by atoms with E-state index in [4.69, 9.17) is 0 Å². The first kappa shape index (κ1) is 14.0. The maximum Gasteiger partial charge on any atom is 0.145 e. The molecular weight excluding hydrogens is 321 g/mol. The molecule has 2 aromatic rings. The third kappa shape index (κ3) is 2.79. The zero-order valence-corrected chi connectivity index (χ0v) is 11.5. The predicted molar refractivity (Wildman–Crippen MR) is 69.2 cm³/mol. The molecule has 0 saturated carbocycles. The molecule has 2 rings (SSSR count). The van der Waals surface area contributed by atoms with E-state index < -0.39 is 23.5 Å². The van der Waals surface area contributed by atoms with Crippen LogP contribution in [-0.2, 0) is 0 Å². The molecule has 1 N–H and O–H groups in total. The summed E-state index contributed by atoms with van der Waals surface area (Å²) >= 11 is 3.01. The van der Waals surface area contributed by atoms with Crippen molar-refractivity contribution in [2.45, 2.75) is 6.04 Å². The van der Waals surface area contributed by atoms with Crippen LogP contribution in [0, 0.1) is 17.5 Å². The van der Waals surface area contributed by atoms with Crippen LogP contribution in [0.5, 0.6) is 0 Å². The fraction of sp³-hybridized carbons (Fsp3) is 0.154. The van der Waals surface area contributed by atoms with Crippen molar-refractivity contribution in [2.75, 3.05) is 7.05 Å². The highest BCUT2D eigenvalue weighted by Crippen LogP contribution is 2.30. The minimum atomic E-state index is -0.819. The zero-order chi connectivity index (χ0) is 14.0. The normalized spacial score (nSPS) is 12.5. The number of benzene rings is 1. The second kappa shape index (κ2) is 5.71. The van der Waals surface area contributed by atoms with E-state index >= 15 is 0 Å². The monoisotopic (exact) mass is 330 g/mol. The molecule has 1 atom stereocenters. The van der Waals surface area contributed by atoms with Gasteiger partial charge in [0.25, 0.3) is 0 Å². The molecule has 0 aliphatic rings. The highest BCUT2D eigenvalue weighted by Gasteiger charge is 2.22. The van der Waals surface area contributed by atoms with Crippen LogP contribution in [0.3, 0.4) is 0 Å². The van der Waals surface area contributed by atoms with Gasteiger partial charge in [0.2, 0.25) is 0 Å². The van der Waals surface area contributed by atoms with Crippen molar-refractivity contribution < 1.29 is 13.2 Å². The number of pyridine rings is 1. The first-order valence-corrected chi connectivity index (χ1v) is 6.25. The summed E-state index contributed by atoms with van der Waals surface area (Å²) in [5.41, 5.74) is 0.169. The maximum absolute atomic E-state index is 14.0. The van der Waals surface area contributed by atoms with Gasteiger partial charge in [-0.25, -0.2) is 13.2 Å². The van der Waals surface area contributed by atoms with Crippen LogP contribution in [0.2, 0.25) is 0 Å². The largest absolute Gasteiger partial charge is 0.309 e. The standard InChI is InChI=1S/C13H10BrF3N2/c1-18-13(7-4-8(15)6-19-5-7)11-10(16)3-2-9(14)12(11)17/h2-6,13,18H,1H3. The van der Waals surface area contributed by atoms with Crippen LogP contribution >= 0.6 is 15.9 Å². The molecule has 0 bridgehead atoms. The van der Waals surface area contributed by atoms with E-state index in [1.165, 1.54) is 25.4 Å². The van der Waals surface area contributed by atoms with E-state index in [0.29, 0.717) is 5.56 Å². The van der Waals surface area contributed by atoms with Crippen molar-refractivity contribution in [2.24, 2.45) is 0 Å². The van der Waals surface area contributed by atoms with E-state index in [0.717, 1.165) is 12.3 Å². The molecule has 100 valence electrons. The molecule has 0 saturated heterocycles. The third-order valence-electron chi connectivity index (χ3n) is 2.72. The summed E-state index contributed by atoms with van der Waals surface area (Å²) in [6.07, 6.45) is 2.40. The van der Waals surface area contributed by atoms with Gasteiger partial charge in [-0.2, -0.15) is 0 Å². The van der Waals surface area contributed by atoms with Crippen LogP contribution < -0.4 is 5.32 Å². The lowest BCUT2D eigenvalue weighted by molar-refractivity contribution is 0.516. The molecule has 0 aliphatic carbocycles. The maximum atomic E-state index is 14.0. The number of hydrogen-bond donors (Lipinski definition) is 1. The van der Waals surface area contributed by atoms with Crippen LogP contribution in [0.25, 0.3) is 0 Å². The second-order valence-electron chi connectivity index (χ2n) is 3.92. The average Bonchev–Trinajstić information content (AvgIpc) is 2.39. The highest BCUT2D eigenvalue weighted by atomic mass is 79.9. The first-order valence-electron chi connectivity index (χ1n) is 5.45. The minimum Gasteiger partial charge on any atom is -0.309 e. The summed E-state index contributed by atoms with van der Waals surface area (Å²) in [6, 6.07) is 2.80. The van der Waals surface area contributed by atoms with Crippen molar-refractivity contribution in [1.82, 2.24) is 10.3 Å². The Morgan fingerprint density at radius 3 is 2.58 bits per heavy atom. The summed E-state index contributed by atoms with van der Waals surface area (Å²) in [7, 11) is 1.54. The SMILES string of the molecule is CNC(c1cncc(F)c1)c1c(F)ccc(Br)c1F. The van der Waals surface area contributed by atoms with Gasteiger partial charge >= 0.3 is 0 Å². The predicted octanol–water partition coefficient (Wildman–Crippen LogP) is 3.57. The molecule has 0 radical (unpaired) electrons. The zero-order valence-electron chi connectivity index (χ0n) is 9.92. The van der Waals surface area contributed by atoms with Gasteiger partial charge in [0.15, 0.2) is 0 Å². The lowest BCUT2D eigenvalue weighted by Gasteiger charge is -2.18. The number of hydrogen-bond acceptors (Lipinski definition) is 2. The van der Waals surface area contributed by atoms with E-state index in [9.17, 15) is 13.2 Å². The van der Waals surface area contributed by atoms with Crippen molar-refractivity contribution in [3.05, 3.63) is 63.6 Å². The number of nitrogens with zero attached hydrogens (tertiary/aromatic N) is 1. The molecule has 0 fully saturated rings. The van der Waals surface area contributed by atoms with Gasteiger partial charge in [-0.1, -0.05) is 0 Å². The number of halogens is 4. The molecule has 1 unspecified atom stereocenters. The summed E-state index contributed by atoms with van der Waals surface area (Å²) < 4.78 is 41.2. The van der Waals surface area contributed by atoms with Gasteiger partial charge in [-0.15, -0.1) is 0 Å². The Hall–Kier alpha value is -1.40. The summed E-state index contributed by atoms with van der Waals surface area (Å²) in [4.78, 5) is 3.69. The average molecular weight is 331 g/mol. The van der Waals surface area contributed by atoms with Crippen LogP contribution in [0.1, 0.15) is 17.2 Å². The molecule has 6 heteroatoms. The third-order valence-corrected chi connectivity index (χ3v) is 3.33. The Labute approximate surface area is 116 Å². The first-order chi connectivity index (χ1) is 9.04. The van der Waals surface area contributed by atoms with E-state index in [-0.39, 0.29) is 10.0 Å². The Morgan fingerprint density at radius 1 is 1.21 bits per heavy atom. The second-order valence-corrected chi connectivity index (χ2v) is 4.77. The van der Waals surface area contributed by atoms with Crippen LogP contribution in [-0.4, -0.2) is 12.0 Å². The fourth-order valence-corrected chi connectivity index (χ4v) is 2.22. The van der Waals surface area contributed by atoms with Gasteiger partial charge in [-0.3, -0.25) is 4.98 Å². The molecule has 2 nitrogen and oxygen atoms in total. The van der Waals surface area contributed by atoms with Gasteiger partial charge in [-0.05, 0) is 46.7 Å². The quantitative estimate of drug-likeness (QED) is 0.870. The van der Waals surface area contributed by atoms with Crippen molar-refractivity contribution in [3.63, 3.8) is 0 Å². The number of nitrogens with one attached hydrogen (secondary N) is 1. The van der Waals surface area contributed by atoms with E-state index in [2.05, 4.69) is 26.2 Å². The van der Waals surface area contributed by atoms with Crippen molar-refractivity contribution in [3.8, 4) is 0 Å². The van der Waals surface area contributed by atoms with Gasteiger partial charge < -0.3 is 5.32 Å². The van der Waals surface area contributed by atoms with Gasteiger partial charge in [0.05, 0.1) is 16.7 Å². The van der Waals surface area contributed by atoms with E-state index in [1.807, 2.05) is 0 Å². The Kier molecular flexibility index (Phi) is 4.21. The molecular formula is C13H10BrF3N2. The minimum absolute atomic E-state index is 0.147. The Bertz CT molecular complexity index is 604. The number of aromatic nitrogens is 1. The van der Waals surface area contributed by atoms with E-state index in [1.54, 1.807) is 0 Å². The molecule has 1 aromatic carbocycles. The molecule has 19 heavy (non-hydrogen) atoms. The van der Waals surface area contributed by atoms with Crippen molar-refractivity contribution >= 4 is 15.9 Å².